The fourth-order valence-corrected chi connectivity index (χ4v) is 5.47. The average molecular weight is 480 g/mol. The van der Waals surface area contributed by atoms with E-state index in [1.54, 1.807) is 12.1 Å². The largest absolute Gasteiger partial charge is 0.466 e. The van der Waals surface area contributed by atoms with Crippen molar-refractivity contribution in [2.45, 2.75) is 33.2 Å². The Bertz CT molecular complexity index is 1130. The van der Waals surface area contributed by atoms with Gasteiger partial charge in [-0.1, -0.05) is 29.3 Å². The van der Waals surface area contributed by atoms with Crippen LogP contribution in [-0.4, -0.2) is 46.3 Å². The van der Waals surface area contributed by atoms with Crippen molar-refractivity contribution in [3.63, 3.8) is 0 Å². The Balaban J connectivity index is 1.51. The van der Waals surface area contributed by atoms with Crippen LogP contribution in [-0.2, 0) is 16.1 Å². The molecular weight excluding hydrogens is 457 g/mol. The van der Waals surface area contributed by atoms with Gasteiger partial charge in [0, 0.05) is 28.5 Å². The number of carbonyl (C=O) groups is 2. The van der Waals surface area contributed by atoms with E-state index in [-0.39, 0.29) is 17.8 Å². The maximum absolute atomic E-state index is 13.1. The maximum Gasteiger partial charge on any atom is 0.309 e. The average Bonchev–Trinajstić information content (AvgIpc) is 3.31. The van der Waals surface area contributed by atoms with E-state index in [4.69, 9.17) is 27.9 Å². The van der Waals surface area contributed by atoms with Gasteiger partial charge in [0.25, 0.3) is 5.91 Å². The van der Waals surface area contributed by atoms with Crippen molar-refractivity contribution in [1.29, 1.82) is 0 Å². The molecule has 0 bridgehead atoms. The number of halogens is 2. The third-order valence-corrected chi connectivity index (χ3v) is 7.28. The lowest BCUT2D eigenvalue weighted by atomic mass is 9.97. The number of benzene rings is 1. The summed E-state index contributed by atoms with van der Waals surface area (Å²) in [5.41, 5.74) is 1.79. The third kappa shape index (κ3) is 4.59. The summed E-state index contributed by atoms with van der Waals surface area (Å²) in [6.07, 6.45) is 1.27. The molecular formula is C22H23Cl2N3O3S. The highest BCUT2D eigenvalue weighted by molar-refractivity contribution is 7.20. The molecule has 0 N–H and O–H groups in total. The van der Waals surface area contributed by atoms with Crippen molar-refractivity contribution in [2.75, 3.05) is 19.7 Å². The summed E-state index contributed by atoms with van der Waals surface area (Å²) in [4.78, 5) is 28.5. The SMILES string of the molecule is CCOC(=O)C1CCN(C(=O)c2cc3c(C)nn(Cc4ccc(Cl)cc4Cl)c3s2)CC1. The first-order valence-corrected chi connectivity index (χ1v) is 11.8. The van der Waals surface area contributed by atoms with Crippen LogP contribution in [0.1, 0.15) is 40.7 Å². The van der Waals surface area contributed by atoms with Crippen molar-refractivity contribution in [2.24, 2.45) is 5.92 Å². The van der Waals surface area contributed by atoms with E-state index in [0.29, 0.717) is 54.0 Å². The number of rotatable bonds is 5. The van der Waals surface area contributed by atoms with Crippen molar-refractivity contribution in [3.05, 3.63) is 50.4 Å². The van der Waals surface area contributed by atoms with Crippen LogP contribution in [0.5, 0.6) is 0 Å². The van der Waals surface area contributed by atoms with Gasteiger partial charge >= 0.3 is 5.97 Å². The predicted molar refractivity (Wildman–Crippen MR) is 123 cm³/mol. The fourth-order valence-electron chi connectivity index (χ4n) is 3.87. The maximum atomic E-state index is 13.1. The molecule has 0 aliphatic carbocycles. The number of aryl methyl sites for hydroxylation is 1. The topological polar surface area (TPSA) is 64.4 Å². The lowest BCUT2D eigenvalue weighted by Crippen LogP contribution is -2.40. The molecule has 1 saturated heterocycles. The first kappa shape index (κ1) is 22.1. The number of hydrogen-bond acceptors (Lipinski definition) is 5. The highest BCUT2D eigenvalue weighted by atomic mass is 35.5. The summed E-state index contributed by atoms with van der Waals surface area (Å²) in [5.74, 6) is -0.279. The van der Waals surface area contributed by atoms with Crippen LogP contribution < -0.4 is 0 Å². The Hall–Kier alpha value is -2.09. The lowest BCUT2D eigenvalue weighted by Gasteiger charge is -2.30. The van der Waals surface area contributed by atoms with Gasteiger partial charge in [0.1, 0.15) is 4.83 Å². The second kappa shape index (κ2) is 9.18. The number of thiophene rings is 1. The van der Waals surface area contributed by atoms with Gasteiger partial charge in [-0.3, -0.25) is 14.3 Å². The Kier molecular flexibility index (Phi) is 6.55. The highest BCUT2D eigenvalue weighted by Crippen LogP contribution is 2.32. The zero-order valence-corrected chi connectivity index (χ0v) is 19.7. The number of ether oxygens (including phenoxy) is 1. The molecule has 1 fully saturated rings. The van der Waals surface area contributed by atoms with Crippen LogP contribution >= 0.6 is 34.5 Å². The van der Waals surface area contributed by atoms with Crippen LogP contribution in [0.4, 0.5) is 0 Å². The van der Waals surface area contributed by atoms with E-state index >= 15 is 0 Å². The summed E-state index contributed by atoms with van der Waals surface area (Å²) >= 11 is 13.8. The molecule has 0 atom stereocenters. The monoisotopic (exact) mass is 479 g/mol. The minimum absolute atomic E-state index is 0.000941. The molecule has 164 valence electrons. The molecule has 6 nitrogen and oxygen atoms in total. The number of nitrogens with zero attached hydrogens (tertiary/aromatic N) is 3. The van der Waals surface area contributed by atoms with Gasteiger partial charge in [0.2, 0.25) is 0 Å². The molecule has 1 aliphatic heterocycles. The molecule has 3 aromatic rings. The first-order chi connectivity index (χ1) is 14.9. The molecule has 0 unspecified atom stereocenters. The summed E-state index contributed by atoms with van der Waals surface area (Å²) in [5, 5.41) is 6.78. The van der Waals surface area contributed by atoms with Gasteiger partial charge in [0.05, 0.1) is 29.6 Å². The molecule has 1 aliphatic rings. The lowest BCUT2D eigenvalue weighted by molar-refractivity contribution is -0.149. The molecule has 1 aromatic carbocycles. The molecule has 2 aromatic heterocycles. The molecule has 0 radical (unpaired) electrons. The number of aromatic nitrogens is 2. The van der Waals surface area contributed by atoms with E-state index < -0.39 is 0 Å². The van der Waals surface area contributed by atoms with Gasteiger partial charge < -0.3 is 9.64 Å². The number of esters is 1. The van der Waals surface area contributed by atoms with Crippen LogP contribution in [0.15, 0.2) is 24.3 Å². The van der Waals surface area contributed by atoms with E-state index in [1.165, 1.54) is 11.3 Å². The molecule has 0 spiro atoms. The van der Waals surface area contributed by atoms with Crippen LogP contribution in [0.2, 0.25) is 10.0 Å². The zero-order chi connectivity index (χ0) is 22.1. The molecule has 31 heavy (non-hydrogen) atoms. The predicted octanol–water partition coefficient (Wildman–Crippen LogP) is 5.18. The summed E-state index contributed by atoms with van der Waals surface area (Å²) in [7, 11) is 0. The smallest absolute Gasteiger partial charge is 0.309 e. The van der Waals surface area contributed by atoms with Gasteiger partial charge in [-0.05, 0) is 50.5 Å². The molecule has 1 amide bonds. The summed E-state index contributed by atoms with van der Waals surface area (Å²) in [6, 6.07) is 7.33. The normalized spacial score (nSPS) is 14.9. The van der Waals surface area contributed by atoms with Gasteiger partial charge in [0.15, 0.2) is 0 Å². The Morgan fingerprint density at radius 2 is 1.97 bits per heavy atom. The van der Waals surface area contributed by atoms with Crippen molar-refractivity contribution in [3.8, 4) is 0 Å². The summed E-state index contributed by atoms with van der Waals surface area (Å²) < 4.78 is 7.00. The van der Waals surface area contributed by atoms with E-state index in [1.807, 2.05) is 35.6 Å². The number of amides is 1. The van der Waals surface area contributed by atoms with Gasteiger partial charge in [-0.25, -0.2) is 0 Å². The van der Waals surface area contributed by atoms with Crippen molar-refractivity contribution >= 4 is 56.6 Å². The number of hydrogen-bond donors (Lipinski definition) is 0. The first-order valence-electron chi connectivity index (χ1n) is 10.2. The van der Waals surface area contributed by atoms with E-state index in [2.05, 4.69) is 5.10 Å². The number of carbonyl (C=O) groups excluding carboxylic acids is 2. The van der Waals surface area contributed by atoms with Gasteiger partial charge in [-0.15, -0.1) is 11.3 Å². The van der Waals surface area contributed by atoms with Crippen molar-refractivity contribution < 1.29 is 14.3 Å². The molecule has 3 heterocycles. The molecule has 4 rings (SSSR count). The number of fused-ring (bicyclic) bond motifs is 1. The van der Waals surface area contributed by atoms with E-state index in [0.717, 1.165) is 21.5 Å². The van der Waals surface area contributed by atoms with Crippen LogP contribution in [0.25, 0.3) is 10.2 Å². The second-order valence-electron chi connectivity index (χ2n) is 7.63. The Labute approximate surface area is 194 Å². The van der Waals surface area contributed by atoms with Crippen molar-refractivity contribution in [1.82, 2.24) is 14.7 Å². The Morgan fingerprint density at radius 3 is 2.65 bits per heavy atom. The standard InChI is InChI=1S/C22H23Cl2N3O3S/c1-3-30-22(29)14-6-8-26(9-7-14)20(28)19-11-17-13(2)25-27(21(17)31-19)12-15-4-5-16(23)10-18(15)24/h4-5,10-11,14H,3,6-9,12H2,1-2H3. The van der Waals surface area contributed by atoms with Crippen LogP contribution in [0.3, 0.4) is 0 Å². The zero-order valence-electron chi connectivity index (χ0n) is 17.4. The quantitative estimate of drug-likeness (QED) is 0.473. The highest BCUT2D eigenvalue weighted by Gasteiger charge is 2.29. The molecule has 0 saturated carbocycles. The van der Waals surface area contributed by atoms with Gasteiger partial charge in [-0.2, -0.15) is 5.10 Å². The number of likely N-dealkylation sites (tertiary alicyclic amines) is 1. The minimum Gasteiger partial charge on any atom is -0.466 e. The summed E-state index contributed by atoms with van der Waals surface area (Å²) in [6.45, 7) is 5.75. The molecule has 9 heteroatoms. The van der Waals surface area contributed by atoms with E-state index in [9.17, 15) is 9.59 Å². The third-order valence-electron chi connectivity index (χ3n) is 5.56. The minimum atomic E-state index is -0.159. The second-order valence-corrected chi connectivity index (χ2v) is 9.50. The van der Waals surface area contributed by atoms with Crippen LogP contribution in [0, 0.1) is 12.8 Å². The number of piperidine rings is 1. The fraction of sp³-hybridized carbons (Fsp3) is 0.409. The Morgan fingerprint density at radius 1 is 1.23 bits per heavy atom.